The van der Waals surface area contributed by atoms with Gasteiger partial charge in [0.15, 0.2) is 0 Å². The molecule has 1 aromatic carbocycles. The molecule has 1 aromatic heterocycles. The Hall–Kier alpha value is -3.03. The molecule has 0 aliphatic carbocycles. The Morgan fingerprint density at radius 1 is 1.15 bits per heavy atom. The van der Waals surface area contributed by atoms with Crippen molar-refractivity contribution < 1.29 is 19.1 Å². The van der Waals surface area contributed by atoms with E-state index in [9.17, 15) is 14.4 Å². The fraction of sp³-hybridized carbons (Fsp3) is 0.577. The molecule has 0 radical (unpaired) electrons. The zero-order valence-electron chi connectivity index (χ0n) is 21.1. The number of alkyl carbamates (subject to hydrolysis) is 1. The summed E-state index contributed by atoms with van der Waals surface area (Å²) >= 11 is 0. The van der Waals surface area contributed by atoms with Crippen LogP contribution in [0, 0.1) is 5.92 Å². The maximum absolute atomic E-state index is 13.5. The van der Waals surface area contributed by atoms with E-state index in [4.69, 9.17) is 4.74 Å². The lowest BCUT2D eigenvalue weighted by atomic mass is 9.99. The first kappa shape index (κ1) is 25.6. The number of hydrogen-bond acceptors (Lipinski definition) is 4. The summed E-state index contributed by atoms with van der Waals surface area (Å²) in [5, 5.41) is 6.58. The molecule has 1 unspecified atom stereocenters. The molecule has 186 valence electrons. The molecule has 3 N–H and O–H groups in total. The summed E-state index contributed by atoms with van der Waals surface area (Å²) in [7, 11) is 0. The van der Waals surface area contributed by atoms with E-state index in [0.717, 1.165) is 24.8 Å². The molecule has 1 aliphatic heterocycles. The van der Waals surface area contributed by atoms with Crippen molar-refractivity contribution >= 4 is 28.8 Å². The van der Waals surface area contributed by atoms with E-state index in [-0.39, 0.29) is 17.9 Å². The first-order valence-electron chi connectivity index (χ1n) is 12.1. The van der Waals surface area contributed by atoms with Crippen LogP contribution in [-0.4, -0.2) is 58.1 Å². The van der Waals surface area contributed by atoms with Gasteiger partial charge in [-0.2, -0.15) is 0 Å². The van der Waals surface area contributed by atoms with Crippen LogP contribution >= 0.6 is 0 Å². The summed E-state index contributed by atoms with van der Waals surface area (Å²) in [5.41, 5.74) is 1.62. The van der Waals surface area contributed by atoms with Crippen molar-refractivity contribution in [3.8, 4) is 0 Å². The van der Waals surface area contributed by atoms with Gasteiger partial charge in [-0.15, -0.1) is 0 Å². The van der Waals surface area contributed by atoms with Crippen LogP contribution in [0.4, 0.5) is 4.79 Å². The molecule has 1 aliphatic rings. The number of carbonyl (C=O) groups is 3. The molecule has 2 heterocycles. The molecule has 8 heteroatoms. The molecule has 34 heavy (non-hydrogen) atoms. The van der Waals surface area contributed by atoms with Gasteiger partial charge in [0.05, 0.1) is 0 Å². The van der Waals surface area contributed by atoms with E-state index < -0.39 is 29.7 Å². The smallest absolute Gasteiger partial charge is 0.408 e. The fourth-order valence-corrected chi connectivity index (χ4v) is 4.41. The highest BCUT2D eigenvalue weighted by atomic mass is 16.6. The molecule has 3 rings (SSSR count). The molecule has 8 nitrogen and oxygen atoms in total. The molecule has 0 saturated carbocycles. The number of benzene rings is 1. The SMILES string of the molecule is CC(C)C(NC(=O)[C@H](C)NC(=O)OC(C)(C)C)C(=O)N1CCC[C@H]1Cc1c[nH]c2ccccc12. The molecule has 3 atom stereocenters. The van der Waals surface area contributed by atoms with Gasteiger partial charge in [-0.25, -0.2) is 4.79 Å². The second kappa shape index (κ2) is 10.5. The lowest BCUT2D eigenvalue weighted by Crippen LogP contribution is -2.56. The number of H-pyrrole nitrogens is 1. The first-order chi connectivity index (χ1) is 16.0. The summed E-state index contributed by atoms with van der Waals surface area (Å²) in [6, 6.07) is 6.76. The zero-order valence-corrected chi connectivity index (χ0v) is 21.1. The number of nitrogens with one attached hydrogen (secondary N) is 3. The molecule has 3 amide bonds. The third kappa shape index (κ3) is 6.30. The van der Waals surface area contributed by atoms with Crippen molar-refractivity contribution in [2.45, 2.75) is 84.5 Å². The molecule has 1 fully saturated rings. The quantitative estimate of drug-likeness (QED) is 0.573. The van der Waals surface area contributed by atoms with Gasteiger partial charge in [-0.1, -0.05) is 32.0 Å². The van der Waals surface area contributed by atoms with E-state index in [1.54, 1.807) is 27.7 Å². The normalized spacial score (nSPS) is 18.1. The Morgan fingerprint density at radius 2 is 1.85 bits per heavy atom. The number of hydrogen-bond donors (Lipinski definition) is 3. The molecule has 1 saturated heterocycles. The lowest BCUT2D eigenvalue weighted by molar-refractivity contribution is -0.138. The van der Waals surface area contributed by atoms with Gasteiger partial charge >= 0.3 is 6.09 Å². The van der Waals surface area contributed by atoms with Crippen molar-refractivity contribution in [2.24, 2.45) is 5.92 Å². The van der Waals surface area contributed by atoms with E-state index in [2.05, 4.69) is 21.7 Å². The van der Waals surface area contributed by atoms with Crippen LogP contribution in [0.2, 0.25) is 0 Å². The van der Waals surface area contributed by atoms with E-state index >= 15 is 0 Å². The number of aromatic amines is 1. The van der Waals surface area contributed by atoms with Crippen molar-refractivity contribution in [3.63, 3.8) is 0 Å². The van der Waals surface area contributed by atoms with Crippen molar-refractivity contribution in [3.05, 3.63) is 36.0 Å². The van der Waals surface area contributed by atoms with E-state index in [1.807, 2.05) is 43.1 Å². The van der Waals surface area contributed by atoms with Gasteiger partial charge in [0.25, 0.3) is 0 Å². The van der Waals surface area contributed by atoms with Crippen LogP contribution in [0.1, 0.15) is 59.9 Å². The second-order valence-electron chi connectivity index (χ2n) is 10.5. The average molecular weight is 471 g/mol. The molecular weight excluding hydrogens is 432 g/mol. The number of fused-ring (bicyclic) bond motifs is 1. The number of aromatic nitrogens is 1. The number of carbonyl (C=O) groups excluding carboxylic acids is 3. The summed E-state index contributed by atoms with van der Waals surface area (Å²) in [5.74, 6) is -0.583. The Morgan fingerprint density at radius 3 is 2.53 bits per heavy atom. The Balaban J connectivity index is 1.66. The number of amides is 3. The van der Waals surface area contributed by atoms with Crippen molar-refractivity contribution in [2.75, 3.05) is 6.54 Å². The zero-order chi connectivity index (χ0) is 25.0. The molecular formula is C26H38N4O4. The highest BCUT2D eigenvalue weighted by Gasteiger charge is 2.36. The van der Waals surface area contributed by atoms with Gasteiger partial charge in [-0.05, 0) is 64.5 Å². The summed E-state index contributed by atoms with van der Waals surface area (Å²) in [4.78, 5) is 43.6. The maximum Gasteiger partial charge on any atom is 0.408 e. The van der Waals surface area contributed by atoms with Crippen LogP contribution in [0.25, 0.3) is 10.9 Å². The number of likely N-dealkylation sites (tertiary alicyclic amines) is 1. The van der Waals surface area contributed by atoms with E-state index in [1.165, 1.54) is 10.9 Å². The number of nitrogens with zero attached hydrogens (tertiary/aromatic N) is 1. The van der Waals surface area contributed by atoms with Crippen molar-refractivity contribution in [1.82, 2.24) is 20.5 Å². The predicted octanol–water partition coefficient (Wildman–Crippen LogP) is 3.76. The number of para-hydroxylation sites is 1. The van der Waals surface area contributed by atoms with Gasteiger partial charge in [0.2, 0.25) is 11.8 Å². The van der Waals surface area contributed by atoms with Crippen LogP contribution in [0.3, 0.4) is 0 Å². The predicted molar refractivity (Wildman–Crippen MR) is 132 cm³/mol. The van der Waals surface area contributed by atoms with Gasteiger partial charge < -0.3 is 25.3 Å². The largest absolute Gasteiger partial charge is 0.444 e. The highest BCUT2D eigenvalue weighted by Crippen LogP contribution is 2.27. The molecule has 0 spiro atoms. The Bertz CT molecular complexity index is 1020. The maximum atomic E-state index is 13.5. The Kier molecular flexibility index (Phi) is 7.89. The first-order valence-corrected chi connectivity index (χ1v) is 12.1. The monoisotopic (exact) mass is 470 g/mol. The highest BCUT2D eigenvalue weighted by molar-refractivity contribution is 5.91. The average Bonchev–Trinajstić information content (AvgIpc) is 3.37. The van der Waals surface area contributed by atoms with Gasteiger partial charge in [-0.3, -0.25) is 9.59 Å². The summed E-state index contributed by atoms with van der Waals surface area (Å²) < 4.78 is 5.23. The van der Waals surface area contributed by atoms with Crippen LogP contribution in [-0.2, 0) is 20.7 Å². The lowest BCUT2D eigenvalue weighted by Gasteiger charge is -2.32. The van der Waals surface area contributed by atoms with Crippen LogP contribution in [0.5, 0.6) is 0 Å². The third-order valence-corrected chi connectivity index (χ3v) is 6.15. The number of ether oxygens (including phenoxy) is 1. The van der Waals surface area contributed by atoms with E-state index in [0.29, 0.717) is 6.54 Å². The Labute approximate surface area is 201 Å². The van der Waals surface area contributed by atoms with Gasteiger partial charge in [0, 0.05) is 29.7 Å². The van der Waals surface area contributed by atoms with Crippen LogP contribution < -0.4 is 10.6 Å². The molecule has 2 aromatic rings. The minimum atomic E-state index is -0.829. The fourth-order valence-electron chi connectivity index (χ4n) is 4.41. The minimum Gasteiger partial charge on any atom is -0.444 e. The standard InChI is InChI=1S/C26H38N4O4/c1-16(2)22(29-23(31)17(3)28-25(33)34-26(4,5)6)24(32)30-13-9-10-19(30)14-18-15-27-21-12-8-7-11-20(18)21/h7-8,11-12,15-17,19,22,27H,9-10,13-14H2,1-6H3,(H,28,33)(H,29,31)/t17-,19-,22?/m0/s1. The summed E-state index contributed by atoms with van der Waals surface area (Å²) in [6.45, 7) is 11.4. The van der Waals surface area contributed by atoms with Crippen molar-refractivity contribution in [1.29, 1.82) is 0 Å². The summed E-state index contributed by atoms with van der Waals surface area (Å²) in [6.07, 6.45) is 4.00. The minimum absolute atomic E-state index is 0.0739. The second-order valence-corrected chi connectivity index (χ2v) is 10.5. The topological polar surface area (TPSA) is 104 Å². The van der Waals surface area contributed by atoms with Crippen LogP contribution in [0.15, 0.2) is 30.5 Å². The number of rotatable bonds is 7. The third-order valence-electron chi connectivity index (χ3n) is 6.15. The molecule has 0 bridgehead atoms. The van der Waals surface area contributed by atoms with Gasteiger partial charge in [0.1, 0.15) is 17.7 Å².